The minimum atomic E-state index is -6.70. The van der Waals surface area contributed by atoms with Crippen molar-refractivity contribution in [2.24, 2.45) is 10.8 Å². The lowest BCUT2D eigenvalue weighted by molar-refractivity contribution is -0.478. The third-order valence-corrected chi connectivity index (χ3v) is 3.78. The number of hydrogen-bond acceptors (Lipinski definition) is 3. The maximum absolute atomic E-state index is 15.1. The molecule has 0 aliphatic heterocycles. The molecule has 0 heterocycles. The normalized spacial score (nSPS) is 17.5. The molecule has 0 aliphatic rings. The molecule has 0 bridgehead atoms. The number of alkyl halides is 9. The highest BCUT2D eigenvalue weighted by molar-refractivity contribution is 5.79. The van der Waals surface area contributed by atoms with Gasteiger partial charge in [-0.3, -0.25) is 4.74 Å². The standard InChI is InChI=1S/C15H21F9O3/c1-9(2,3)12(18,19)14(22,10(4,5)6)27-15(23,24)13(20,21)11(16,17)8(25)26-7/h1-7H3. The first kappa shape index (κ1) is 25.8. The van der Waals surface area contributed by atoms with Gasteiger partial charge in [0.2, 0.25) is 0 Å². The van der Waals surface area contributed by atoms with Crippen molar-refractivity contribution in [3.63, 3.8) is 0 Å². The van der Waals surface area contributed by atoms with Crippen molar-refractivity contribution in [3.8, 4) is 0 Å². The van der Waals surface area contributed by atoms with Crippen LogP contribution in [-0.2, 0) is 14.3 Å². The first-order valence-corrected chi connectivity index (χ1v) is 7.43. The predicted molar refractivity (Wildman–Crippen MR) is 75.6 cm³/mol. The van der Waals surface area contributed by atoms with Gasteiger partial charge in [0.05, 0.1) is 7.11 Å². The molecule has 0 rings (SSSR count). The fraction of sp³-hybridized carbons (Fsp3) is 0.933. The van der Waals surface area contributed by atoms with Crippen molar-refractivity contribution < 1.29 is 53.8 Å². The van der Waals surface area contributed by atoms with Crippen LogP contribution in [0.3, 0.4) is 0 Å². The van der Waals surface area contributed by atoms with Crippen LogP contribution in [0, 0.1) is 10.8 Å². The molecule has 0 aromatic heterocycles. The number of methoxy groups -OCH3 is 1. The second kappa shape index (κ2) is 6.70. The summed E-state index contributed by atoms with van der Waals surface area (Å²) in [6.07, 6.45) is -6.51. The van der Waals surface area contributed by atoms with Crippen molar-refractivity contribution in [1.29, 1.82) is 0 Å². The van der Waals surface area contributed by atoms with Gasteiger partial charge < -0.3 is 4.74 Å². The second-order valence-corrected chi connectivity index (χ2v) is 7.93. The minimum Gasteiger partial charge on any atom is -0.464 e. The molecule has 0 fully saturated rings. The minimum absolute atomic E-state index is 0.202. The fourth-order valence-corrected chi connectivity index (χ4v) is 1.85. The van der Waals surface area contributed by atoms with E-state index in [4.69, 9.17) is 0 Å². The number of rotatable bonds is 6. The van der Waals surface area contributed by atoms with Crippen LogP contribution in [-0.4, -0.2) is 42.8 Å². The highest BCUT2D eigenvalue weighted by Gasteiger charge is 2.81. The molecule has 0 saturated carbocycles. The Bertz CT molecular complexity index is 562. The Morgan fingerprint density at radius 1 is 0.667 bits per heavy atom. The van der Waals surface area contributed by atoms with Crippen LogP contribution >= 0.6 is 0 Å². The molecule has 0 radical (unpaired) electrons. The number of esters is 1. The maximum Gasteiger partial charge on any atom is 0.429 e. The van der Waals surface area contributed by atoms with Crippen LogP contribution in [0.4, 0.5) is 39.5 Å². The highest BCUT2D eigenvalue weighted by Crippen LogP contribution is 2.58. The monoisotopic (exact) mass is 420 g/mol. The molecule has 3 nitrogen and oxygen atoms in total. The van der Waals surface area contributed by atoms with Crippen molar-refractivity contribution in [1.82, 2.24) is 0 Å². The Morgan fingerprint density at radius 2 is 1.04 bits per heavy atom. The van der Waals surface area contributed by atoms with Crippen LogP contribution in [0.5, 0.6) is 0 Å². The van der Waals surface area contributed by atoms with Gasteiger partial charge in [-0.15, -0.1) is 0 Å². The Hall–Kier alpha value is -1.20. The van der Waals surface area contributed by atoms with Crippen molar-refractivity contribution in [2.45, 2.75) is 71.3 Å². The number of ether oxygens (including phenoxy) is 2. The number of carbonyl (C=O) groups excluding carboxylic acids is 1. The van der Waals surface area contributed by atoms with Gasteiger partial charge in [-0.25, -0.2) is 9.18 Å². The third-order valence-electron chi connectivity index (χ3n) is 3.78. The summed E-state index contributed by atoms with van der Waals surface area (Å²) in [7, 11) is 0.202. The van der Waals surface area contributed by atoms with E-state index in [1.807, 2.05) is 0 Å². The summed E-state index contributed by atoms with van der Waals surface area (Å²) in [4.78, 5) is 10.8. The van der Waals surface area contributed by atoms with E-state index >= 15 is 4.39 Å². The van der Waals surface area contributed by atoms with Crippen molar-refractivity contribution in [2.75, 3.05) is 7.11 Å². The molecule has 0 N–H and O–H groups in total. The zero-order valence-corrected chi connectivity index (χ0v) is 15.6. The Kier molecular flexibility index (Phi) is 6.40. The third kappa shape index (κ3) is 3.86. The number of hydrogen-bond donors (Lipinski definition) is 0. The Morgan fingerprint density at radius 3 is 1.30 bits per heavy atom. The van der Waals surface area contributed by atoms with Crippen LogP contribution < -0.4 is 0 Å². The van der Waals surface area contributed by atoms with E-state index in [0.717, 1.165) is 0 Å². The van der Waals surface area contributed by atoms with E-state index in [-0.39, 0.29) is 7.11 Å². The lowest BCUT2D eigenvalue weighted by Gasteiger charge is -2.49. The quantitative estimate of drug-likeness (QED) is 0.425. The van der Waals surface area contributed by atoms with Gasteiger partial charge in [-0.2, -0.15) is 35.1 Å². The van der Waals surface area contributed by atoms with Gasteiger partial charge in [-0.05, 0) is 0 Å². The van der Waals surface area contributed by atoms with Crippen LogP contribution in [0.15, 0.2) is 0 Å². The summed E-state index contributed by atoms with van der Waals surface area (Å²) in [5.41, 5.74) is -5.02. The lowest BCUT2D eigenvalue weighted by Crippen LogP contribution is -2.67. The highest BCUT2D eigenvalue weighted by atomic mass is 19.4. The topological polar surface area (TPSA) is 35.5 Å². The van der Waals surface area contributed by atoms with E-state index < -0.39 is 46.5 Å². The summed E-state index contributed by atoms with van der Waals surface area (Å²) >= 11 is 0. The molecular weight excluding hydrogens is 399 g/mol. The first-order chi connectivity index (χ1) is 11.4. The molecule has 1 unspecified atom stereocenters. The van der Waals surface area contributed by atoms with Gasteiger partial charge in [0, 0.05) is 10.8 Å². The molecule has 162 valence electrons. The summed E-state index contributed by atoms with van der Waals surface area (Å²) < 4.78 is 133. The fourth-order valence-electron chi connectivity index (χ4n) is 1.85. The van der Waals surface area contributed by atoms with Crippen LogP contribution in [0.2, 0.25) is 0 Å². The molecule has 12 heteroatoms. The molecule has 27 heavy (non-hydrogen) atoms. The van der Waals surface area contributed by atoms with Gasteiger partial charge in [0.25, 0.3) is 5.85 Å². The van der Waals surface area contributed by atoms with Gasteiger partial charge in [0.1, 0.15) is 0 Å². The molecule has 1 atom stereocenters. The molecule has 0 aliphatic carbocycles. The van der Waals surface area contributed by atoms with Gasteiger partial charge in [0.15, 0.2) is 0 Å². The molecule has 0 saturated heterocycles. The predicted octanol–water partition coefficient (Wildman–Crippen LogP) is 5.43. The summed E-state index contributed by atoms with van der Waals surface area (Å²) in [5, 5.41) is 0. The maximum atomic E-state index is 15.1. The summed E-state index contributed by atoms with van der Waals surface area (Å²) in [6.45, 7) is 3.99. The average Bonchev–Trinajstić information content (AvgIpc) is 2.42. The van der Waals surface area contributed by atoms with Crippen molar-refractivity contribution in [3.05, 3.63) is 0 Å². The van der Waals surface area contributed by atoms with Crippen LogP contribution in [0.1, 0.15) is 41.5 Å². The Labute approximate surface area is 150 Å². The second-order valence-electron chi connectivity index (χ2n) is 7.93. The lowest BCUT2D eigenvalue weighted by atomic mass is 9.73. The molecule has 0 spiro atoms. The van der Waals surface area contributed by atoms with E-state index in [0.29, 0.717) is 41.5 Å². The van der Waals surface area contributed by atoms with Gasteiger partial charge in [-0.1, -0.05) is 41.5 Å². The largest absolute Gasteiger partial charge is 0.464 e. The molecule has 0 aromatic carbocycles. The smallest absolute Gasteiger partial charge is 0.429 e. The van der Waals surface area contributed by atoms with E-state index in [1.165, 1.54) is 0 Å². The van der Waals surface area contributed by atoms with E-state index in [2.05, 4.69) is 9.47 Å². The first-order valence-electron chi connectivity index (χ1n) is 7.43. The summed E-state index contributed by atoms with van der Waals surface area (Å²) in [5.74, 6) is -25.7. The zero-order valence-electron chi connectivity index (χ0n) is 15.6. The van der Waals surface area contributed by atoms with Crippen LogP contribution in [0.25, 0.3) is 0 Å². The zero-order chi connectivity index (χ0) is 22.5. The molecule has 0 amide bonds. The SMILES string of the molecule is COC(=O)C(F)(F)C(F)(F)C(F)(F)OC(F)(C(C)(C)C)C(F)(F)C(C)(C)C. The molecule has 0 aromatic rings. The van der Waals surface area contributed by atoms with E-state index in [9.17, 15) is 39.9 Å². The van der Waals surface area contributed by atoms with Gasteiger partial charge >= 0.3 is 29.8 Å². The number of halogens is 9. The Balaban J connectivity index is 6.48. The molecular formula is C15H21F9O3. The van der Waals surface area contributed by atoms with Crippen molar-refractivity contribution >= 4 is 5.97 Å². The van der Waals surface area contributed by atoms with E-state index in [1.54, 1.807) is 0 Å². The summed E-state index contributed by atoms with van der Waals surface area (Å²) in [6, 6.07) is 0. The average molecular weight is 420 g/mol. The number of carbonyl (C=O) groups is 1.